The molecule has 0 heterocycles. The summed E-state index contributed by atoms with van der Waals surface area (Å²) in [5.41, 5.74) is 0. The van der Waals surface area contributed by atoms with Gasteiger partial charge in [-0.05, 0) is 57.3 Å². The Bertz CT molecular complexity index is 360. The number of allylic oxidation sites excluding steroid dienone is 5. The minimum atomic E-state index is -0.159. The molecule has 0 aliphatic heterocycles. The summed E-state index contributed by atoms with van der Waals surface area (Å²) < 4.78 is 0. The normalized spacial score (nSPS) is 14.7. The van der Waals surface area contributed by atoms with Crippen LogP contribution in [0.4, 0.5) is 0 Å². The summed E-state index contributed by atoms with van der Waals surface area (Å²) >= 11 is 13.0. The zero-order chi connectivity index (χ0) is 17.8. The van der Waals surface area contributed by atoms with Gasteiger partial charge in [-0.2, -0.15) is 0 Å². The Kier molecular flexibility index (Phi) is 12.1. The van der Waals surface area contributed by atoms with Gasteiger partial charge in [0.25, 0.3) is 0 Å². The van der Waals surface area contributed by atoms with Gasteiger partial charge in [-0.1, -0.05) is 58.1 Å². The third kappa shape index (κ3) is 9.62. The molecule has 0 nitrogen and oxygen atoms in total. The van der Waals surface area contributed by atoms with Crippen molar-refractivity contribution in [2.24, 2.45) is 5.92 Å². The fourth-order valence-electron chi connectivity index (χ4n) is 2.53. The van der Waals surface area contributed by atoms with Crippen molar-refractivity contribution in [3.8, 4) is 0 Å². The van der Waals surface area contributed by atoms with Crippen LogP contribution in [-0.2, 0) is 0 Å². The number of hydrogen-bond donors (Lipinski definition) is 0. The highest BCUT2D eigenvalue weighted by Crippen LogP contribution is 2.29. The Labute approximate surface area is 155 Å². The van der Waals surface area contributed by atoms with E-state index >= 15 is 0 Å². The van der Waals surface area contributed by atoms with Crippen LogP contribution in [0.1, 0.15) is 79.1 Å². The van der Waals surface area contributed by atoms with Crippen molar-refractivity contribution in [2.45, 2.75) is 88.8 Å². The van der Waals surface area contributed by atoms with Crippen molar-refractivity contribution in [1.82, 2.24) is 0 Å². The van der Waals surface area contributed by atoms with Crippen molar-refractivity contribution < 1.29 is 0 Å². The fraction of sp³-hybridized carbons (Fsp3) is 0.714. The molecule has 0 aromatic heterocycles. The van der Waals surface area contributed by atoms with E-state index in [2.05, 4.69) is 64.7 Å². The van der Waals surface area contributed by atoms with Gasteiger partial charge in [-0.15, -0.1) is 29.8 Å². The average Bonchev–Trinajstić information content (AvgIpc) is 2.59. The van der Waals surface area contributed by atoms with Crippen LogP contribution in [0.3, 0.4) is 0 Å². The molecule has 2 heteroatoms. The van der Waals surface area contributed by atoms with Gasteiger partial charge in [0.2, 0.25) is 0 Å². The lowest BCUT2D eigenvalue weighted by molar-refractivity contribution is 0.540. The predicted octanol–water partition coefficient (Wildman–Crippen LogP) is 8.06. The molecule has 0 aromatic rings. The lowest BCUT2D eigenvalue weighted by Crippen LogP contribution is -2.17. The molecule has 0 saturated carbocycles. The maximum absolute atomic E-state index is 6.54. The van der Waals surface area contributed by atoms with Gasteiger partial charge in [-0.25, -0.2) is 0 Å². The smallest absolute Gasteiger partial charge is 0.0620 e. The van der Waals surface area contributed by atoms with E-state index in [0.717, 1.165) is 51.4 Å². The third-order valence-electron chi connectivity index (χ3n) is 4.99. The predicted molar refractivity (Wildman–Crippen MR) is 109 cm³/mol. The van der Waals surface area contributed by atoms with Crippen LogP contribution in [0, 0.1) is 5.92 Å². The van der Waals surface area contributed by atoms with Gasteiger partial charge < -0.3 is 0 Å². The van der Waals surface area contributed by atoms with Crippen LogP contribution in [0.15, 0.2) is 37.0 Å². The molecule has 1 unspecified atom stereocenters. The molecule has 0 aliphatic carbocycles. The summed E-state index contributed by atoms with van der Waals surface area (Å²) in [6, 6.07) is 0. The highest BCUT2D eigenvalue weighted by Gasteiger charge is 2.20. The molecular weight excluding hydrogens is 323 g/mol. The summed E-state index contributed by atoms with van der Waals surface area (Å²) in [5.74, 6) is 0.525. The van der Waals surface area contributed by atoms with E-state index in [9.17, 15) is 0 Å². The lowest BCUT2D eigenvalue weighted by Gasteiger charge is -2.21. The van der Waals surface area contributed by atoms with Crippen LogP contribution < -0.4 is 0 Å². The topological polar surface area (TPSA) is 0 Å². The summed E-state index contributed by atoms with van der Waals surface area (Å²) in [4.78, 5) is -0.222. The highest BCUT2D eigenvalue weighted by molar-refractivity contribution is 6.25. The molecule has 1 atom stereocenters. The van der Waals surface area contributed by atoms with Crippen molar-refractivity contribution in [1.29, 1.82) is 0 Å². The zero-order valence-corrected chi connectivity index (χ0v) is 17.1. The third-order valence-corrected chi connectivity index (χ3v) is 6.34. The van der Waals surface area contributed by atoms with E-state index in [0.29, 0.717) is 5.92 Å². The quantitative estimate of drug-likeness (QED) is 0.230. The van der Waals surface area contributed by atoms with Crippen LogP contribution in [0.25, 0.3) is 0 Å². The Morgan fingerprint density at radius 1 is 0.913 bits per heavy atom. The fourth-order valence-corrected chi connectivity index (χ4v) is 2.70. The van der Waals surface area contributed by atoms with E-state index in [1.807, 2.05) is 0 Å². The molecule has 0 rings (SSSR count). The number of rotatable bonds is 13. The van der Waals surface area contributed by atoms with Crippen molar-refractivity contribution in [2.75, 3.05) is 0 Å². The van der Waals surface area contributed by atoms with E-state index < -0.39 is 0 Å². The summed E-state index contributed by atoms with van der Waals surface area (Å²) in [7, 11) is 0. The maximum atomic E-state index is 6.54. The minimum absolute atomic E-state index is 0.0626. The first-order valence-corrected chi connectivity index (χ1v) is 9.97. The van der Waals surface area contributed by atoms with E-state index in [1.54, 1.807) is 0 Å². The molecule has 0 spiro atoms. The van der Waals surface area contributed by atoms with Gasteiger partial charge >= 0.3 is 0 Å². The Balaban J connectivity index is 4.22. The molecule has 0 amide bonds. The molecule has 134 valence electrons. The van der Waals surface area contributed by atoms with Gasteiger partial charge in [0.15, 0.2) is 0 Å². The van der Waals surface area contributed by atoms with Crippen molar-refractivity contribution in [3.05, 3.63) is 37.0 Å². The van der Waals surface area contributed by atoms with E-state index in [4.69, 9.17) is 23.2 Å². The van der Waals surface area contributed by atoms with Gasteiger partial charge in [0.1, 0.15) is 0 Å². The number of halogens is 2. The Morgan fingerprint density at radius 3 is 2.00 bits per heavy atom. The maximum Gasteiger partial charge on any atom is 0.0620 e. The van der Waals surface area contributed by atoms with Crippen molar-refractivity contribution in [3.63, 3.8) is 0 Å². The largest absolute Gasteiger partial charge is 0.119 e. The molecule has 0 aliphatic rings. The number of hydrogen-bond acceptors (Lipinski definition) is 0. The highest BCUT2D eigenvalue weighted by atomic mass is 35.5. The molecule has 0 radical (unpaired) electrons. The van der Waals surface area contributed by atoms with Gasteiger partial charge in [-0.3, -0.25) is 0 Å². The van der Waals surface area contributed by atoms with E-state index in [1.165, 1.54) is 0 Å². The Morgan fingerprint density at radius 2 is 1.52 bits per heavy atom. The Hall–Kier alpha value is -0.200. The summed E-state index contributed by atoms with van der Waals surface area (Å²) in [6.07, 6.45) is 19.1. The minimum Gasteiger partial charge on any atom is -0.119 e. The lowest BCUT2D eigenvalue weighted by atomic mass is 9.95. The second kappa shape index (κ2) is 12.2. The van der Waals surface area contributed by atoms with Crippen molar-refractivity contribution >= 4 is 23.2 Å². The number of alkyl halides is 2. The molecule has 23 heavy (non-hydrogen) atoms. The summed E-state index contributed by atoms with van der Waals surface area (Å²) in [5, 5.41) is 0. The van der Waals surface area contributed by atoms with Crippen LogP contribution in [-0.4, -0.2) is 9.75 Å². The second-order valence-corrected chi connectivity index (χ2v) is 8.04. The average molecular weight is 359 g/mol. The second-order valence-electron chi connectivity index (χ2n) is 6.49. The summed E-state index contributed by atoms with van der Waals surface area (Å²) in [6.45, 7) is 12.6. The zero-order valence-electron chi connectivity index (χ0n) is 15.6. The molecule has 0 N–H and O–H groups in total. The van der Waals surface area contributed by atoms with Crippen LogP contribution in [0.5, 0.6) is 0 Å². The first kappa shape index (κ1) is 22.8. The molecular formula is C21H36Cl2. The molecule has 0 bridgehead atoms. The van der Waals surface area contributed by atoms with Gasteiger partial charge in [0.05, 0.1) is 4.87 Å². The van der Waals surface area contributed by atoms with Gasteiger partial charge in [0, 0.05) is 4.87 Å². The first-order valence-electron chi connectivity index (χ1n) is 9.21. The van der Waals surface area contributed by atoms with E-state index in [-0.39, 0.29) is 9.75 Å². The van der Waals surface area contributed by atoms with Crippen LogP contribution in [0.2, 0.25) is 0 Å². The molecule has 0 fully saturated rings. The SMILES string of the molecule is C=CC(C/C=C/CC(Cl)(CC)CC)CC/C=C/C(Cl)(CC)CC. The first-order chi connectivity index (χ1) is 10.9. The molecule has 0 aromatic carbocycles. The molecule has 0 saturated heterocycles. The standard InChI is InChI=1S/C21H36Cl2/c1-6-19(15-11-13-17-20(22,7-2)8-3)16-12-14-18-21(23,9-4)10-5/h6,11,13-14,18-19H,1,7-10,12,15-17H2,2-5H3/b13-11+,18-14+. The monoisotopic (exact) mass is 358 g/mol. The van der Waals surface area contributed by atoms with Crippen LogP contribution >= 0.6 is 23.2 Å².